The highest BCUT2D eigenvalue weighted by Crippen LogP contribution is 2.29. The smallest absolute Gasteiger partial charge is 0.0571 e. The van der Waals surface area contributed by atoms with E-state index in [-0.39, 0.29) is 0 Å². The highest BCUT2D eigenvalue weighted by atomic mass is 16.5. The van der Waals surface area contributed by atoms with E-state index in [1.54, 1.807) is 0 Å². The molecule has 2 nitrogen and oxygen atoms in total. The van der Waals surface area contributed by atoms with E-state index in [0.29, 0.717) is 6.10 Å². The molecular weight excluding hydrogens is 258 g/mol. The minimum absolute atomic E-state index is 0.559. The molecule has 0 atom stereocenters. The third kappa shape index (κ3) is 5.90. The van der Waals surface area contributed by atoms with Gasteiger partial charge in [0.2, 0.25) is 0 Å². The third-order valence-corrected chi connectivity index (χ3v) is 6.04. The summed E-state index contributed by atoms with van der Waals surface area (Å²) in [5.41, 5.74) is 0. The van der Waals surface area contributed by atoms with Gasteiger partial charge in [0.05, 0.1) is 6.10 Å². The molecule has 0 bridgehead atoms. The van der Waals surface area contributed by atoms with Gasteiger partial charge < -0.3 is 9.64 Å². The van der Waals surface area contributed by atoms with Crippen LogP contribution in [0.2, 0.25) is 0 Å². The van der Waals surface area contributed by atoms with Crippen molar-refractivity contribution >= 4 is 0 Å². The predicted molar refractivity (Wildman–Crippen MR) is 90.6 cm³/mol. The van der Waals surface area contributed by atoms with Crippen molar-refractivity contribution in [2.24, 2.45) is 17.8 Å². The van der Waals surface area contributed by atoms with Gasteiger partial charge in [-0.2, -0.15) is 0 Å². The van der Waals surface area contributed by atoms with Crippen LogP contribution in [0, 0.1) is 17.8 Å². The Morgan fingerprint density at radius 3 is 2.19 bits per heavy atom. The summed E-state index contributed by atoms with van der Waals surface area (Å²) < 4.78 is 5.46. The molecule has 0 spiro atoms. The zero-order valence-corrected chi connectivity index (χ0v) is 14.7. The maximum Gasteiger partial charge on any atom is 0.0571 e. The quantitative estimate of drug-likeness (QED) is 0.630. The highest BCUT2D eigenvalue weighted by molar-refractivity contribution is 4.75. The maximum atomic E-state index is 5.46. The Morgan fingerprint density at radius 1 is 0.952 bits per heavy atom. The minimum Gasteiger partial charge on any atom is -0.381 e. The summed E-state index contributed by atoms with van der Waals surface area (Å²) in [5, 5.41) is 0. The third-order valence-electron chi connectivity index (χ3n) is 6.04. The van der Waals surface area contributed by atoms with E-state index in [2.05, 4.69) is 18.7 Å². The zero-order chi connectivity index (χ0) is 15.1. The molecule has 2 heteroatoms. The lowest BCUT2D eigenvalue weighted by Crippen LogP contribution is -2.35. The number of ether oxygens (including phenoxy) is 1. The highest BCUT2D eigenvalue weighted by Gasteiger charge is 2.22. The molecule has 2 fully saturated rings. The molecule has 0 N–H and O–H groups in total. The van der Waals surface area contributed by atoms with Crippen LogP contribution in [0.1, 0.15) is 71.6 Å². The van der Waals surface area contributed by atoms with Crippen LogP contribution < -0.4 is 0 Å². The Balaban J connectivity index is 1.49. The first kappa shape index (κ1) is 17.3. The lowest BCUT2D eigenvalue weighted by Gasteiger charge is -2.34. The van der Waals surface area contributed by atoms with E-state index in [9.17, 15) is 0 Å². The van der Waals surface area contributed by atoms with Gasteiger partial charge in [-0.25, -0.2) is 0 Å². The first-order valence-electron chi connectivity index (χ1n) is 9.44. The van der Waals surface area contributed by atoms with Gasteiger partial charge in [0.15, 0.2) is 0 Å². The van der Waals surface area contributed by atoms with Gasteiger partial charge in [-0.1, -0.05) is 26.7 Å². The molecule has 2 aliphatic rings. The van der Waals surface area contributed by atoms with Crippen molar-refractivity contribution in [1.29, 1.82) is 0 Å². The topological polar surface area (TPSA) is 12.5 Å². The number of likely N-dealkylation sites (tertiary alicyclic amines) is 1. The molecule has 1 saturated carbocycles. The lowest BCUT2D eigenvalue weighted by molar-refractivity contribution is 0.0549. The molecule has 2 rings (SSSR count). The number of hydrogen-bond donors (Lipinski definition) is 0. The van der Waals surface area contributed by atoms with E-state index in [0.717, 1.165) is 17.8 Å². The molecule has 0 radical (unpaired) electrons. The van der Waals surface area contributed by atoms with Crippen LogP contribution in [0.5, 0.6) is 0 Å². The van der Waals surface area contributed by atoms with E-state index < -0.39 is 0 Å². The summed E-state index contributed by atoms with van der Waals surface area (Å²) in [6.07, 6.45) is 13.1. The van der Waals surface area contributed by atoms with Crippen molar-refractivity contribution < 1.29 is 4.74 Å². The fraction of sp³-hybridized carbons (Fsp3) is 1.00. The molecular formula is C19H37NO. The number of unbranched alkanes of at least 4 members (excludes halogenated alkanes) is 1. The molecule has 21 heavy (non-hydrogen) atoms. The van der Waals surface area contributed by atoms with E-state index in [1.165, 1.54) is 77.4 Å². The second kappa shape index (κ2) is 9.15. The molecule has 0 amide bonds. The van der Waals surface area contributed by atoms with Crippen LogP contribution in [0.15, 0.2) is 0 Å². The first-order chi connectivity index (χ1) is 10.2. The molecule has 0 aromatic carbocycles. The fourth-order valence-corrected chi connectivity index (χ4v) is 4.27. The molecule has 0 aromatic rings. The number of hydrogen-bond acceptors (Lipinski definition) is 2. The zero-order valence-electron chi connectivity index (χ0n) is 14.7. The van der Waals surface area contributed by atoms with Gasteiger partial charge in [-0.3, -0.25) is 0 Å². The van der Waals surface area contributed by atoms with Crippen LogP contribution in [-0.2, 0) is 4.74 Å². The Labute approximate surface area is 132 Å². The standard InChI is InChI=1S/C19H37NO/c1-16(2)18-11-14-20(15-12-18)13-5-4-6-17-7-9-19(21-3)10-8-17/h16-19H,4-15H2,1-3H3/t17-,19-. The average molecular weight is 296 g/mol. The molecule has 1 saturated heterocycles. The predicted octanol–water partition coefficient (Wildman–Crippen LogP) is 4.73. The van der Waals surface area contributed by atoms with Gasteiger partial charge in [0, 0.05) is 7.11 Å². The summed E-state index contributed by atoms with van der Waals surface area (Å²) in [4.78, 5) is 2.71. The minimum atomic E-state index is 0.559. The van der Waals surface area contributed by atoms with Crippen molar-refractivity contribution in [3.63, 3.8) is 0 Å². The SMILES string of the molecule is CO[C@H]1CC[C@H](CCCCN2CCC(C(C)C)CC2)CC1. The average Bonchev–Trinajstić information content (AvgIpc) is 2.52. The van der Waals surface area contributed by atoms with E-state index in [1.807, 2.05) is 7.11 Å². The summed E-state index contributed by atoms with van der Waals surface area (Å²) in [5.74, 6) is 2.86. The van der Waals surface area contributed by atoms with Crippen molar-refractivity contribution in [1.82, 2.24) is 4.90 Å². The van der Waals surface area contributed by atoms with Crippen molar-refractivity contribution in [3.8, 4) is 0 Å². The second-order valence-corrected chi connectivity index (χ2v) is 7.80. The van der Waals surface area contributed by atoms with Crippen molar-refractivity contribution in [2.75, 3.05) is 26.7 Å². The molecule has 1 aliphatic heterocycles. The molecule has 124 valence electrons. The van der Waals surface area contributed by atoms with Crippen LogP contribution >= 0.6 is 0 Å². The van der Waals surface area contributed by atoms with Crippen molar-refractivity contribution in [2.45, 2.75) is 77.7 Å². The summed E-state index contributed by atoms with van der Waals surface area (Å²) in [6, 6.07) is 0. The second-order valence-electron chi connectivity index (χ2n) is 7.80. The van der Waals surface area contributed by atoms with Gasteiger partial charge in [-0.15, -0.1) is 0 Å². The van der Waals surface area contributed by atoms with E-state index in [4.69, 9.17) is 4.74 Å². The van der Waals surface area contributed by atoms with Gasteiger partial charge in [-0.05, 0) is 82.3 Å². The Hall–Kier alpha value is -0.0800. The first-order valence-corrected chi connectivity index (χ1v) is 9.44. The molecule has 1 heterocycles. The van der Waals surface area contributed by atoms with Gasteiger partial charge in [0.25, 0.3) is 0 Å². The monoisotopic (exact) mass is 295 g/mol. The van der Waals surface area contributed by atoms with Crippen LogP contribution in [0.4, 0.5) is 0 Å². The fourth-order valence-electron chi connectivity index (χ4n) is 4.27. The Morgan fingerprint density at radius 2 is 1.62 bits per heavy atom. The van der Waals surface area contributed by atoms with Crippen LogP contribution in [0.25, 0.3) is 0 Å². The number of rotatable bonds is 7. The summed E-state index contributed by atoms with van der Waals surface area (Å²) in [6.45, 7) is 8.82. The molecule has 1 aliphatic carbocycles. The van der Waals surface area contributed by atoms with Gasteiger partial charge in [0.1, 0.15) is 0 Å². The number of methoxy groups -OCH3 is 1. The Bertz CT molecular complexity index is 263. The maximum absolute atomic E-state index is 5.46. The largest absolute Gasteiger partial charge is 0.381 e. The normalized spacial score (nSPS) is 29.1. The lowest BCUT2D eigenvalue weighted by atomic mass is 9.84. The molecule has 0 unspecified atom stereocenters. The van der Waals surface area contributed by atoms with E-state index >= 15 is 0 Å². The Kier molecular flexibility index (Phi) is 7.53. The molecule has 0 aromatic heterocycles. The number of piperidine rings is 1. The summed E-state index contributed by atoms with van der Waals surface area (Å²) >= 11 is 0. The van der Waals surface area contributed by atoms with Crippen LogP contribution in [0.3, 0.4) is 0 Å². The van der Waals surface area contributed by atoms with Crippen molar-refractivity contribution in [3.05, 3.63) is 0 Å². The number of nitrogens with zero attached hydrogens (tertiary/aromatic N) is 1. The van der Waals surface area contributed by atoms with Crippen LogP contribution in [-0.4, -0.2) is 37.7 Å². The van der Waals surface area contributed by atoms with Gasteiger partial charge >= 0.3 is 0 Å². The summed E-state index contributed by atoms with van der Waals surface area (Å²) in [7, 11) is 1.87.